The lowest BCUT2D eigenvalue weighted by Crippen LogP contribution is -2.38. The molecule has 0 fully saturated rings. The number of thioether (sulfide) groups is 1. The molecule has 0 saturated carbocycles. The van der Waals surface area contributed by atoms with E-state index in [-0.39, 0.29) is 10.9 Å². The van der Waals surface area contributed by atoms with Crippen molar-refractivity contribution in [3.05, 3.63) is 24.3 Å². The van der Waals surface area contributed by atoms with Crippen molar-refractivity contribution in [2.24, 2.45) is 5.73 Å². The number of benzene rings is 1. The number of nitrogens with zero attached hydrogens (tertiary/aromatic N) is 1. The molecule has 0 amide bonds. The monoisotopic (exact) mass is 332 g/mol. The molecule has 5 nitrogen and oxygen atoms in total. The summed E-state index contributed by atoms with van der Waals surface area (Å²) in [5.41, 5.74) is 5.36. The van der Waals surface area contributed by atoms with Crippen LogP contribution in [0.2, 0.25) is 0 Å². The first kappa shape index (κ1) is 18.3. The minimum atomic E-state index is -3.47. The Hall–Kier alpha value is -0.760. The van der Waals surface area contributed by atoms with Gasteiger partial charge in [-0.15, -0.1) is 0 Å². The predicted octanol–water partition coefficient (Wildman–Crippen LogP) is 1.79. The van der Waals surface area contributed by atoms with E-state index in [1.807, 2.05) is 13.2 Å². The van der Waals surface area contributed by atoms with E-state index in [0.29, 0.717) is 18.9 Å². The van der Waals surface area contributed by atoms with Crippen LogP contribution >= 0.6 is 11.8 Å². The zero-order chi connectivity index (χ0) is 15.9. The summed E-state index contributed by atoms with van der Waals surface area (Å²) in [6, 6.07) is 6.46. The molecule has 1 aromatic rings. The van der Waals surface area contributed by atoms with Crippen molar-refractivity contribution < 1.29 is 13.2 Å². The van der Waals surface area contributed by atoms with Gasteiger partial charge in [0.25, 0.3) is 0 Å². The summed E-state index contributed by atoms with van der Waals surface area (Å²) in [6.07, 6.45) is 2.76. The molecule has 1 aromatic carbocycles. The number of nitrogens with two attached hydrogens (primary N) is 1. The molecule has 21 heavy (non-hydrogen) atoms. The average Bonchev–Trinajstić information content (AvgIpc) is 2.50. The molecule has 0 aliphatic carbocycles. The highest BCUT2D eigenvalue weighted by Crippen LogP contribution is 2.22. The summed E-state index contributed by atoms with van der Waals surface area (Å²) in [6.45, 7) is 2.84. The van der Waals surface area contributed by atoms with Crippen molar-refractivity contribution in [2.45, 2.75) is 24.3 Å². The predicted molar refractivity (Wildman–Crippen MR) is 88.4 cm³/mol. The Morgan fingerprint density at radius 2 is 1.95 bits per heavy atom. The fraction of sp³-hybridized carbons (Fsp3) is 0.571. The van der Waals surface area contributed by atoms with Gasteiger partial charge in [-0.2, -0.15) is 16.1 Å². The van der Waals surface area contributed by atoms with Crippen LogP contribution in [0.25, 0.3) is 0 Å². The van der Waals surface area contributed by atoms with Crippen LogP contribution in [0.5, 0.6) is 5.75 Å². The molecule has 0 heterocycles. The second-order valence-corrected chi connectivity index (χ2v) is 7.56. The van der Waals surface area contributed by atoms with Crippen LogP contribution in [0.4, 0.5) is 0 Å². The maximum atomic E-state index is 12.6. The van der Waals surface area contributed by atoms with E-state index >= 15 is 0 Å². The van der Waals surface area contributed by atoms with Crippen LogP contribution < -0.4 is 10.5 Å². The summed E-state index contributed by atoms with van der Waals surface area (Å²) < 4.78 is 32.0. The van der Waals surface area contributed by atoms with Gasteiger partial charge in [-0.25, -0.2) is 8.42 Å². The maximum Gasteiger partial charge on any atom is 0.243 e. The van der Waals surface area contributed by atoms with Crippen molar-refractivity contribution in [1.82, 2.24) is 4.31 Å². The molecule has 0 bridgehead atoms. The first-order valence-corrected chi connectivity index (χ1v) is 9.70. The molecule has 1 unspecified atom stereocenters. The fourth-order valence-electron chi connectivity index (χ4n) is 1.92. The largest absolute Gasteiger partial charge is 0.492 e. The second kappa shape index (κ2) is 8.63. The Kier molecular flexibility index (Phi) is 7.51. The van der Waals surface area contributed by atoms with E-state index in [0.717, 1.165) is 12.2 Å². The lowest BCUT2D eigenvalue weighted by Gasteiger charge is -2.26. The van der Waals surface area contributed by atoms with Crippen molar-refractivity contribution in [1.29, 1.82) is 0 Å². The molecule has 0 aromatic heterocycles. The molecule has 1 rings (SSSR count). The molecule has 0 spiro atoms. The van der Waals surface area contributed by atoms with Crippen LogP contribution in [-0.4, -0.2) is 51.0 Å². The minimum absolute atomic E-state index is 0.00170. The van der Waals surface area contributed by atoms with Gasteiger partial charge in [0.1, 0.15) is 12.4 Å². The molecular weight excluding hydrogens is 308 g/mol. The topological polar surface area (TPSA) is 72.6 Å². The van der Waals surface area contributed by atoms with Gasteiger partial charge in [-0.05, 0) is 36.9 Å². The van der Waals surface area contributed by atoms with E-state index < -0.39 is 10.0 Å². The quantitative estimate of drug-likeness (QED) is 0.746. The average molecular weight is 332 g/mol. The lowest BCUT2D eigenvalue weighted by atomic mass is 10.3. The smallest absolute Gasteiger partial charge is 0.243 e. The summed E-state index contributed by atoms with van der Waals surface area (Å²) >= 11 is 1.65. The first-order chi connectivity index (χ1) is 9.97. The second-order valence-electron chi connectivity index (χ2n) is 4.65. The van der Waals surface area contributed by atoms with E-state index in [2.05, 4.69) is 0 Å². The number of hydrogen-bond acceptors (Lipinski definition) is 5. The van der Waals surface area contributed by atoms with Crippen LogP contribution in [0, 0.1) is 0 Å². The van der Waals surface area contributed by atoms with Gasteiger partial charge in [-0.3, -0.25) is 0 Å². The van der Waals surface area contributed by atoms with Crippen LogP contribution in [0.1, 0.15) is 13.3 Å². The van der Waals surface area contributed by atoms with Crippen molar-refractivity contribution in [3.8, 4) is 5.75 Å². The molecule has 120 valence electrons. The molecular formula is C14H24N2O3S2. The first-order valence-electron chi connectivity index (χ1n) is 6.87. The van der Waals surface area contributed by atoms with Crippen LogP contribution in [0.3, 0.4) is 0 Å². The van der Waals surface area contributed by atoms with E-state index in [9.17, 15) is 8.42 Å². The number of ether oxygens (including phenoxy) is 1. The highest BCUT2D eigenvalue weighted by molar-refractivity contribution is 7.98. The highest BCUT2D eigenvalue weighted by Gasteiger charge is 2.26. The highest BCUT2D eigenvalue weighted by atomic mass is 32.2. The molecule has 7 heteroatoms. The maximum absolute atomic E-state index is 12.6. The van der Waals surface area contributed by atoms with Crippen molar-refractivity contribution in [2.75, 3.05) is 32.2 Å². The minimum Gasteiger partial charge on any atom is -0.492 e. The van der Waals surface area contributed by atoms with Gasteiger partial charge in [0.2, 0.25) is 10.0 Å². The van der Waals surface area contributed by atoms with Gasteiger partial charge >= 0.3 is 0 Å². The molecule has 0 aliphatic heterocycles. The van der Waals surface area contributed by atoms with Gasteiger partial charge < -0.3 is 10.5 Å². The standard InChI is InChI=1S/C14H24N2O3S2/c1-4-12(11-20-3)16(2)21(17,18)14-7-5-13(6-8-14)19-10-9-15/h5-8,12H,4,9-11,15H2,1-3H3. The Balaban J connectivity index is 2.91. The van der Waals surface area contributed by atoms with E-state index in [1.54, 1.807) is 43.1 Å². The van der Waals surface area contributed by atoms with Gasteiger partial charge in [0.05, 0.1) is 4.90 Å². The fourth-order valence-corrected chi connectivity index (χ4v) is 4.29. The molecule has 1 atom stereocenters. The Morgan fingerprint density at radius 3 is 2.43 bits per heavy atom. The molecule has 2 N–H and O–H groups in total. The van der Waals surface area contributed by atoms with E-state index in [4.69, 9.17) is 10.5 Å². The Morgan fingerprint density at radius 1 is 1.33 bits per heavy atom. The van der Waals surface area contributed by atoms with Gasteiger partial charge in [-0.1, -0.05) is 6.92 Å². The van der Waals surface area contributed by atoms with Crippen molar-refractivity contribution >= 4 is 21.8 Å². The zero-order valence-corrected chi connectivity index (χ0v) is 14.4. The number of hydrogen-bond donors (Lipinski definition) is 1. The third kappa shape index (κ3) is 4.88. The third-order valence-corrected chi connectivity index (χ3v) is 5.87. The van der Waals surface area contributed by atoms with E-state index in [1.165, 1.54) is 4.31 Å². The molecule has 0 saturated heterocycles. The van der Waals surface area contributed by atoms with Crippen LogP contribution in [0.15, 0.2) is 29.2 Å². The normalized spacial score (nSPS) is 13.4. The zero-order valence-electron chi connectivity index (χ0n) is 12.8. The summed E-state index contributed by atoms with van der Waals surface area (Å²) in [5, 5.41) is 0. The molecule has 0 aliphatic rings. The summed E-state index contributed by atoms with van der Waals surface area (Å²) in [4.78, 5) is 0.282. The van der Waals surface area contributed by atoms with Gasteiger partial charge in [0.15, 0.2) is 0 Å². The SMILES string of the molecule is CCC(CSC)N(C)S(=O)(=O)c1ccc(OCCN)cc1. The Labute approximate surface area is 131 Å². The number of rotatable bonds is 9. The lowest BCUT2D eigenvalue weighted by molar-refractivity contribution is 0.328. The van der Waals surface area contributed by atoms with Gasteiger partial charge in [0, 0.05) is 25.4 Å². The molecule has 0 radical (unpaired) electrons. The van der Waals surface area contributed by atoms with Crippen LogP contribution in [-0.2, 0) is 10.0 Å². The number of sulfonamides is 1. The summed E-state index contributed by atoms with van der Waals surface area (Å²) in [7, 11) is -1.83. The summed E-state index contributed by atoms with van der Waals surface area (Å²) in [5.74, 6) is 1.41. The third-order valence-electron chi connectivity index (χ3n) is 3.23. The van der Waals surface area contributed by atoms with Crippen molar-refractivity contribution in [3.63, 3.8) is 0 Å². The Bertz CT molecular complexity index is 518.